The van der Waals surface area contributed by atoms with Crippen LogP contribution in [0.25, 0.3) is 0 Å². The van der Waals surface area contributed by atoms with Crippen molar-refractivity contribution in [2.24, 2.45) is 17.8 Å². The number of likely N-dealkylation sites (N-methyl/N-ethyl adjacent to an activating group) is 1. The zero-order chi connectivity index (χ0) is 17.1. The van der Waals surface area contributed by atoms with Gasteiger partial charge in [-0.2, -0.15) is 0 Å². The fourth-order valence-electron chi connectivity index (χ4n) is 4.42. The first-order valence-corrected chi connectivity index (χ1v) is 9.23. The van der Waals surface area contributed by atoms with Gasteiger partial charge in [-0.3, -0.25) is 9.69 Å². The summed E-state index contributed by atoms with van der Waals surface area (Å²) in [7, 11) is 0. The molecule has 2 bridgehead atoms. The molecule has 134 valence electrons. The number of carbonyl (C=O) groups excluding carboxylic acids is 1. The third-order valence-electron chi connectivity index (χ3n) is 5.95. The lowest BCUT2D eigenvalue weighted by Gasteiger charge is -2.42. The number of urea groups is 1. The average molecular weight is 335 g/mol. The van der Waals surface area contributed by atoms with Crippen molar-refractivity contribution in [2.45, 2.75) is 51.1 Å². The van der Waals surface area contributed by atoms with Crippen LogP contribution in [0.1, 0.15) is 39.0 Å². The molecule has 4 aliphatic carbocycles. The highest BCUT2D eigenvalue weighted by molar-refractivity contribution is 5.74. The van der Waals surface area contributed by atoms with Crippen molar-refractivity contribution in [2.75, 3.05) is 19.6 Å². The molecule has 6 heteroatoms. The van der Waals surface area contributed by atoms with Crippen LogP contribution in [0.4, 0.5) is 4.79 Å². The highest BCUT2D eigenvalue weighted by atomic mass is 16.4. The third-order valence-corrected chi connectivity index (χ3v) is 5.95. The van der Waals surface area contributed by atoms with E-state index >= 15 is 0 Å². The Hall–Kier alpha value is -1.56. The lowest BCUT2D eigenvalue weighted by molar-refractivity contribution is -0.139. The van der Waals surface area contributed by atoms with Gasteiger partial charge in [0.1, 0.15) is 0 Å². The minimum absolute atomic E-state index is 0.0786. The van der Waals surface area contributed by atoms with E-state index in [0.717, 1.165) is 25.9 Å². The Balaban J connectivity index is 1.34. The lowest BCUT2D eigenvalue weighted by Crippen LogP contribution is -2.56. The van der Waals surface area contributed by atoms with Crippen molar-refractivity contribution >= 4 is 12.0 Å². The zero-order valence-corrected chi connectivity index (χ0v) is 14.4. The number of carboxylic acids is 1. The standard InChI is InChI=1S/C18H29N3O3/c1-2-21(11-17(22)23)16-8-15(9-16)20-18(24)19-10-14-7-12-3-5-13(14)6-4-12/h3,5,12-16H,2,4,6-11H2,1H3,(H,22,23)(H2,19,20,24). The van der Waals surface area contributed by atoms with Crippen LogP contribution in [0.15, 0.2) is 12.2 Å². The van der Waals surface area contributed by atoms with Crippen molar-refractivity contribution in [1.29, 1.82) is 0 Å². The summed E-state index contributed by atoms with van der Waals surface area (Å²) in [6.07, 6.45) is 10.1. The molecule has 3 atom stereocenters. The molecule has 24 heavy (non-hydrogen) atoms. The Morgan fingerprint density at radius 3 is 2.54 bits per heavy atom. The van der Waals surface area contributed by atoms with Gasteiger partial charge in [-0.1, -0.05) is 19.1 Å². The van der Waals surface area contributed by atoms with Gasteiger partial charge >= 0.3 is 12.0 Å². The summed E-state index contributed by atoms with van der Waals surface area (Å²) in [5, 5.41) is 15.0. The van der Waals surface area contributed by atoms with E-state index < -0.39 is 5.97 Å². The first-order valence-electron chi connectivity index (χ1n) is 9.23. The molecular weight excluding hydrogens is 306 g/mol. The second kappa shape index (κ2) is 7.55. The fourth-order valence-corrected chi connectivity index (χ4v) is 4.42. The molecule has 0 spiro atoms. The van der Waals surface area contributed by atoms with Crippen LogP contribution in [-0.2, 0) is 4.79 Å². The Morgan fingerprint density at radius 1 is 1.21 bits per heavy atom. The lowest BCUT2D eigenvalue weighted by atomic mass is 9.69. The van der Waals surface area contributed by atoms with E-state index in [1.54, 1.807) is 0 Å². The van der Waals surface area contributed by atoms with Gasteiger partial charge in [-0.25, -0.2) is 4.79 Å². The predicted molar refractivity (Wildman–Crippen MR) is 91.7 cm³/mol. The SMILES string of the molecule is CCN(CC(=O)O)C1CC(NC(=O)NCC2CC3C=CC2CC3)C1. The molecule has 2 fully saturated rings. The van der Waals surface area contributed by atoms with Gasteiger partial charge in [0, 0.05) is 18.6 Å². The monoisotopic (exact) mass is 335 g/mol. The van der Waals surface area contributed by atoms with Crippen molar-refractivity contribution in [1.82, 2.24) is 15.5 Å². The summed E-state index contributed by atoms with van der Waals surface area (Å²) < 4.78 is 0. The Kier molecular flexibility index (Phi) is 5.43. The number of carbonyl (C=O) groups is 2. The van der Waals surface area contributed by atoms with Crippen LogP contribution in [0.2, 0.25) is 0 Å². The molecular formula is C18H29N3O3. The first kappa shape index (κ1) is 17.3. The van der Waals surface area contributed by atoms with E-state index in [4.69, 9.17) is 5.11 Å². The maximum absolute atomic E-state index is 12.1. The molecule has 4 rings (SSSR count). The van der Waals surface area contributed by atoms with E-state index in [-0.39, 0.29) is 24.7 Å². The molecule has 0 aliphatic heterocycles. The van der Waals surface area contributed by atoms with Crippen LogP contribution < -0.4 is 10.6 Å². The van der Waals surface area contributed by atoms with E-state index in [2.05, 4.69) is 22.8 Å². The summed E-state index contributed by atoms with van der Waals surface area (Å²) in [6.45, 7) is 3.54. The summed E-state index contributed by atoms with van der Waals surface area (Å²) in [5.41, 5.74) is 0. The molecule has 2 amide bonds. The molecule has 4 aliphatic rings. The Bertz CT molecular complexity index is 502. The number of hydrogen-bond acceptors (Lipinski definition) is 3. The highest BCUT2D eigenvalue weighted by Crippen LogP contribution is 2.39. The van der Waals surface area contributed by atoms with Crippen LogP contribution in [0.5, 0.6) is 0 Å². The number of nitrogens with one attached hydrogen (secondary N) is 2. The van der Waals surface area contributed by atoms with Gasteiger partial charge in [0.2, 0.25) is 0 Å². The third kappa shape index (κ3) is 4.09. The van der Waals surface area contributed by atoms with Crippen LogP contribution >= 0.6 is 0 Å². The number of nitrogens with zero attached hydrogens (tertiary/aromatic N) is 1. The topological polar surface area (TPSA) is 81.7 Å². The number of allylic oxidation sites excluding steroid dienone is 2. The number of rotatable bonds is 7. The normalized spacial score (nSPS) is 34.0. The van der Waals surface area contributed by atoms with E-state index in [0.29, 0.717) is 17.8 Å². The summed E-state index contributed by atoms with van der Waals surface area (Å²) >= 11 is 0. The molecule has 6 nitrogen and oxygen atoms in total. The zero-order valence-electron chi connectivity index (χ0n) is 14.4. The van der Waals surface area contributed by atoms with Crippen LogP contribution in [0.3, 0.4) is 0 Å². The van der Waals surface area contributed by atoms with E-state index in [9.17, 15) is 9.59 Å². The van der Waals surface area contributed by atoms with Crippen molar-refractivity contribution in [3.05, 3.63) is 12.2 Å². The first-order chi connectivity index (χ1) is 11.5. The molecule has 0 aromatic carbocycles. The second-order valence-electron chi connectivity index (χ2n) is 7.52. The van der Waals surface area contributed by atoms with Crippen molar-refractivity contribution in [3.8, 4) is 0 Å². The molecule has 3 N–H and O–H groups in total. The Morgan fingerprint density at radius 2 is 2.00 bits per heavy atom. The van der Waals surface area contributed by atoms with Gasteiger partial charge in [0.05, 0.1) is 6.54 Å². The second-order valence-corrected chi connectivity index (χ2v) is 7.52. The van der Waals surface area contributed by atoms with Gasteiger partial charge in [-0.15, -0.1) is 0 Å². The smallest absolute Gasteiger partial charge is 0.317 e. The van der Waals surface area contributed by atoms with Crippen LogP contribution in [-0.4, -0.2) is 53.7 Å². The maximum Gasteiger partial charge on any atom is 0.317 e. The van der Waals surface area contributed by atoms with E-state index in [1.807, 2.05) is 11.8 Å². The molecule has 0 aromatic heterocycles. The number of hydrogen-bond donors (Lipinski definition) is 3. The number of aliphatic carboxylic acids is 1. The quantitative estimate of drug-likeness (QED) is 0.620. The van der Waals surface area contributed by atoms with Crippen molar-refractivity contribution in [3.63, 3.8) is 0 Å². The van der Waals surface area contributed by atoms with Gasteiger partial charge < -0.3 is 15.7 Å². The number of carboxylic acid groups (broad SMARTS) is 1. The van der Waals surface area contributed by atoms with Crippen LogP contribution in [0, 0.1) is 17.8 Å². The summed E-state index contributed by atoms with van der Waals surface area (Å²) in [6, 6.07) is 0.362. The minimum atomic E-state index is -0.790. The summed E-state index contributed by atoms with van der Waals surface area (Å²) in [5.74, 6) is 1.14. The molecule has 0 heterocycles. The number of fused-ring (bicyclic) bond motifs is 2. The minimum Gasteiger partial charge on any atom is -0.480 e. The maximum atomic E-state index is 12.1. The molecule has 0 radical (unpaired) electrons. The average Bonchev–Trinajstić information content (AvgIpc) is 2.55. The van der Waals surface area contributed by atoms with Gasteiger partial charge in [0.15, 0.2) is 0 Å². The molecule has 2 saturated carbocycles. The predicted octanol–water partition coefficient (Wildman–Crippen LogP) is 1.83. The summed E-state index contributed by atoms with van der Waals surface area (Å²) in [4.78, 5) is 24.9. The Labute approximate surface area is 143 Å². The fraction of sp³-hybridized carbons (Fsp3) is 0.778. The van der Waals surface area contributed by atoms with Gasteiger partial charge in [-0.05, 0) is 56.4 Å². The van der Waals surface area contributed by atoms with Crippen molar-refractivity contribution < 1.29 is 14.7 Å². The largest absolute Gasteiger partial charge is 0.480 e. The molecule has 0 aromatic rings. The molecule has 3 unspecified atom stereocenters. The highest BCUT2D eigenvalue weighted by Gasteiger charge is 2.35. The molecule has 0 saturated heterocycles. The van der Waals surface area contributed by atoms with Gasteiger partial charge in [0.25, 0.3) is 0 Å². The number of amides is 2. The van der Waals surface area contributed by atoms with E-state index in [1.165, 1.54) is 19.3 Å².